The summed E-state index contributed by atoms with van der Waals surface area (Å²) in [5, 5.41) is 0. The van der Waals surface area contributed by atoms with Gasteiger partial charge in [-0.3, -0.25) is 4.79 Å². The van der Waals surface area contributed by atoms with E-state index in [0.717, 1.165) is 25.2 Å². The molecule has 1 heterocycles. The lowest BCUT2D eigenvalue weighted by molar-refractivity contribution is -0.227. The molecule has 1 saturated heterocycles. The predicted octanol–water partition coefficient (Wildman–Crippen LogP) is 6.86. The molecule has 39 heavy (non-hydrogen) atoms. The molecule has 0 aromatic rings. The Hall–Kier alpha value is -2.14. The summed E-state index contributed by atoms with van der Waals surface area (Å²) in [5.74, 6) is 3.32. The molecule has 2 amide bonds. The van der Waals surface area contributed by atoms with Crippen LogP contribution in [0, 0.1) is 29.6 Å². The van der Waals surface area contributed by atoms with E-state index in [4.69, 9.17) is 4.74 Å². The van der Waals surface area contributed by atoms with Crippen LogP contribution in [0.2, 0.25) is 0 Å². The highest BCUT2D eigenvalue weighted by Gasteiger charge is 2.55. The van der Waals surface area contributed by atoms with Crippen LogP contribution in [0.5, 0.6) is 0 Å². The van der Waals surface area contributed by atoms with Gasteiger partial charge in [-0.05, 0) is 133 Å². The van der Waals surface area contributed by atoms with E-state index in [1.54, 1.807) is 11.6 Å². The molecular weight excluding hydrogens is 484 g/mol. The predicted molar refractivity (Wildman–Crippen MR) is 155 cm³/mol. The molecule has 0 bridgehead atoms. The maximum Gasteiger partial charge on any atom is 0.320 e. The van der Waals surface area contributed by atoms with Gasteiger partial charge in [0.1, 0.15) is 0 Å². The fraction of sp³-hybridized carbons (Fsp3) is 0.706. The summed E-state index contributed by atoms with van der Waals surface area (Å²) in [7, 11) is 2.05. The van der Waals surface area contributed by atoms with Gasteiger partial charge in [0.2, 0.25) is 0 Å². The second-order valence-corrected chi connectivity index (χ2v) is 14.9. The van der Waals surface area contributed by atoms with Gasteiger partial charge in [0, 0.05) is 19.0 Å². The Morgan fingerprint density at radius 3 is 2.46 bits per heavy atom. The van der Waals surface area contributed by atoms with E-state index in [2.05, 4.69) is 63.5 Å². The standard InChI is InChI=1S/C34H48N2O3/c1-32(2)20-36(33(3,4)34(5,6)39-32)31(38)35(7)23-12-8-21-10-14-25-26-15-11-22-9-13-24(37)19-30(22)28(26)17-16-27(25)29(21)18-23/h9,11,13,15,19,21,23,25,27-29H,8,10,12,14,16-18,20H2,1-7H3. The molecule has 5 heteroatoms. The molecular formula is C34H48N2O3. The summed E-state index contributed by atoms with van der Waals surface area (Å²) in [6.07, 6.45) is 18.7. The van der Waals surface area contributed by atoms with Gasteiger partial charge in [0.05, 0.1) is 23.3 Å². The number of nitrogens with zero attached hydrogens (tertiary/aromatic N) is 2. The molecule has 6 aliphatic rings. The van der Waals surface area contributed by atoms with E-state index in [9.17, 15) is 9.59 Å². The number of morpholine rings is 1. The molecule has 1 aliphatic heterocycles. The third kappa shape index (κ3) is 4.38. The summed E-state index contributed by atoms with van der Waals surface area (Å²) in [4.78, 5) is 30.5. The minimum Gasteiger partial charge on any atom is -0.365 e. The summed E-state index contributed by atoms with van der Waals surface area (Å²) < 4.78 is 6.45. The SMILES string of the molecule is CN(C(=O)N1CC(C)(C)OC(C)(C)C1(C)C)C1CCC2CCC3C4=CC=C5C=CC(=O)C=C5C4CCC3C2C1. The molecule has 5 nitrogen and oxygen atoms in total. The molecule has 5 aliphatic carbocycles. The molecule has 4 fully saturated rings. The van der Waals surface area contributed by atoms with Gasteiger partial charge in [-0.1, -0.05) is 23.8 Å². The van der Waals surface area contributed by atoms with Crippen molar-refractivity contribution in [2.45, 2.75) is 109 Å². The van der Waals surface area contributed by atoms with Crippen molar-refractivity contribution in [3.05, 3.63) is 47.1 Å². The molecule has 0 radical (unpaired) electrons. The molecule has 0 aromatic heterocycles. The van der Waals surface area contributed by atoms with Crippen molar-refractivity contribution in [3.8, 4) is 0 Å². The lowest BCUT2D eigenvalue weighted by atomic mass is 9.53. The highest BCUT2D eigenvalue weighted by molar-refractivity contribution is 6.02. The Morgan fingerprint density at radius 1 is 0.949 bits per heavy atom. The van der Waals surface area contributed by atoms with Gasteiger partial charge < -0.3 is 14.5 Å². The van der Waals surface area contributed by atoms with Crippen molar-refractivity contribution in [3.63, 3.8) is 0 Å². The molecule has 212 valence electrons. The summed E-state index contributed by atoms with van der Waals surface area (Å²) >= 11 is 0. The first-order valence-electron chi connectivity index (χ1n) is 15.4. The minimum absolute atomic E-state index is 0.132. The number of ether oxygens (including phenoxy) is 1. The molecule has 6 rings (SSSR count). The largest absolute Gasteiger partial charge is 0.365 e. The van der Waals surface area contributed by atoms with E-state index < -0.39 is 11.1 Å². The summed E-state index contributed by atoms with van der Waals surface area (Å²) in [6.45, 7) is 13.3. The lowest BCUT2D eigenvalue weighted by Gasteiger charge is -2.59. The highest BCUT2D eigenvalue weighted by Crippen LogP contribution is 2.57. The van der Waals surface area contributed by atoms with Gasteiger partial charge in [0.25, 0.3) is 0 Å². The van der Waals surface area contributed by atoms with Crippen LogP contribution >= 0.6 is 0 Å². The zero-order valence-electron chi connectivity index (χ0n) is 25.1. The third-order valence-electron chi connectivity index (χ3n) is 11.7. The van der Waals surface area contributed by atoms with Crippen LogP contribution in [-0.4, -0.2) is 58.0 Å². The van der Waals surface area contributed by atoms with E-state index >= 15 is 0 Å². The second kappa shape index (κ2) is 9.19. The number of carbonyl (C=O) groups is 2. The average Bonchev–Trinajstić information content (AvgIpc) is 2.88. The number of carbonyl (C=O) groups excluding carboxylic acids is 2. The zero-order valence-corrected chi connectivity index (χ0v) is 25.1. The van der Waals surface area contributed by atoms with Gasteiger partial charge >= 0.3 is 6.03 Å². The number of hydrogen-bond acceptors (Lipinski definition) is 3. The van der Waals surface area contributed by atoms with Crippen molar-refractivity contribution in [1.82, 2.24) is 9.80 Å². The van der Waals surface area contributed by atoms with Crippen molar-refractivity contribution < 1.29 is 14.3 Å². The van der Waals surface area contributed by atoms with Crippen molar-refractivity contribution in [2.24, 2.45) is 29.6 Å². The van der Waals surface area contributed by atoms with Gasteiger partial charge in [0.15, 0.2) is 5.78 Å². The number of fused-ring (bicyclic) bond motifs is 7. The first kappa shape index (κ1) is 27.1. The summed E-state index contributed by atoms with van der Waals surface area (Å²) in [5.41, 5.74) is 2.85. The van der Waals surface area contributed by atoms with Crippen molar-refractivity contribution in [2.75, 3.05) is 13.6 Å². The molecule has 0 N–H and O–H groups in total. The average molecular weight is 533 g/mol. The maximum absolute atomic E-state index is 14.1. The Bertz CT molecular complexity index is 1180. The fourth-order valence-corrected chi connectivity index (χ4v) is 9.17. The monoisotopic (exact) mass is 532 g/mol. The number of allylic oxidation sites excluding steroid dienone is 8. The molecule has 6 atom stereocenters. The molecule has 3 saturated carbocycles. The number of amides is 2. The number of ketones is 1. The molecule has 0 aromatic carbocycles. The first-order valence-corrected chi connectivity index (χ1v) is 15.4. The van der Waals surface area contributed by atoms with E-state index in [0.29, 0.717) is 30.2 Å². The topological polar surface area (TPSA) is 49.9 Å². The van der Waals surface area contributed by atoms with Crippen LogP contribution in [0.25, 0.3) is 0 Å². The molecule has 6 unspecified atom stereocenters. The van der Waals surface area contributed by atoms with E-state index in [-0.39, 0.29) is 23.5 Å². The van der Waals surface area contributed by atoms with E-state index in [1.807, 2.05) is 19.2 Å². The number of hydrogen-bond donors (Lipinski definition) is 0. The first-order chi connectivity index (χ1) is 18.3. The Kier molecular flexibility index (Phi) is 6.37. The normalized spacial score (nSPS) is 37.8. The number of urea groups is 1. The Balaban J connectivity index is 1.20. The maximum atomic E-state index is 14.1. The Morgan fingerprint density at radius 2 is 1.69 bits per heavy atom. The van der Waals surface area contributed by atoms with Gasteiger partial charge in [-0.2, -0.15) is 0 Å². The van der Waals surface area contributed by atoms with Crippen LogP contribution < -0.4 is 0 Å². The number of rotatable bonds is 1. The summed E-state index contributed by atoms with van der Waals surface area (Å²) in [6, 6.07) is 0.439. The lowest BCUT2D eigenvalue weighted by Crippen LogP contribution is -2.71. The van der Waals surface area contributed by atoms with Crippen LogP contribution in [0.15, 0.2) is 47.1 Å². The smallest absolute Gasteiger partial charge is 0.320 e. The molecule has 0 spiro atoms. The third-order valence-corrected chi connectivity index (χ3v) is 11.7. The van der Waals surface area contributed by atoms with Crippen molar-refractivity contribution in [1.29, 1.82) is 0 Å². The van der Waals surface area contributed by atoms with Gasteiger partial charge in [-0.25, -0.2) is 4.79 Å². The second-order valence-electron chi connectivity index (χ2n) is 14.9. The van der Waals surface area contributed by atoms with Gasteiger partial charge in [-0.15, -0.1) is 0 Å². The van der Waals surface area contributed by atoms with Crippen LogP contribution in [0.3, 0.4) is 0 Å². The quantitative estimate of drug-likeness (QED) is 0.371. The fourth-order valence-electron chi connectivity index (χ4n) is 9.17. The van der Waals surface area contributed by atoms with E-state index in [1.165, 1.54) is 36.8 Å². The zero-order chi connectivity index (χ0) is 27.9. The van der Waals surface area contributed by atoms with Crippen LogP contribution in [0.1, 0.15) is 86.5 Å². The minimum atomic E-state index is -0.436. The highest BCUT2D eigenvalue weighted by atomic mass is 16.5. The van der Waals surface area contributed by atoms with Crippen LogP contribution in [-0.2, 0) is 9.53 Å². The Labute approximate surface area is 235 Å². The van der Waals surface area contributed by atoms with Crippen molar-refractivity contribution >= 4 is 11.8 Å². The van der Waals surface area contributed by atoms with Crippen LogP contribution in [0.4, 0.5) is 4.79 Å².